The molecule has 0 bridgehead atoms. The Bertz CT molecular complexity index is 695. The zero-order valence-electron chi connectivity index (χ0n) is 10.6. The molecule has 0 saturated carbocycles. The Morgan fingerprint density at radius 1 is 1.42 bits per heavy atom. The Hall–Kier alpha value is -1.18. The summed E-state index contributed by atoms with van der Waals surface area (Å²) in [7, 11) is -1.72. The van der Waals surface area contributed by atoms with Gasteiger partial charge in [0.1, 0.15) is 0 Å². The van der Waals surface area contributed by atoms with Crippen LogP contribution in [0.1, 0.15) is 11.1 Å². The van der Waals surface area contributed by atoms with Gasteiger partial charge in [-0.3, -0.25) is 4.68 Å². The molecular formula is C12H14BrN3O2S. The SMILES string of the molecule is Cc1cc(Br)ccc1S(=O)(=O)NCc1cnn(C)c1. The van der Waals surface area contributed by atoms with Gasteiger partial charge in [-0.05, 0) is 30.7 Å². The number of hydrogen-bond acceptors (Lipinski definition) is 3. The molecule has 0 saturated heterocycles. The summed E-state index contributed by atoms with van der Waals surface area (Å²) < 4.78 is 29.4. The van der Waals surface area contributed by atoms with Crippen LogP contribution in [0.3, 0.4) is 0 Å². The Labute approximate surface area is 120 Å². The fourth-order valence-corrected chi connectivity index (χ4v) is 3.45. The molecule has 2 rings (SSSR count). The molecule has 5 nitrogen and oxygen atoms in total. The first-order valence-electron chi connectivity index (χ1n) is 5.62. The summed E-state index contributed by atoms with van der Waals surface area (Å²) in [4.78, 5) is 0.291. The largest absolute Gasteiger partial charge is 0.275 e. The van der Waals surface area contributed by atoms with Crippen LogP contribution in [0.5, 0.6) is 0 Å². The molecule has 1 N–H and O–H groups in total. The minimum absolute atomic E-state index is 0.228. The number of nitrogens with zero attached hydrogens (tertiary/aromatic N) is 2. The van der Waals surface area contributed by atoms with E-state index in [0.29, 0.717) is 10.5 Å². The van der Waals surface area contributed by atoms with Gasteiger partial charge in [0, 0.05) is 29.8 Å². The lowest BCUT2D eigenvalue weighted by atomic mass is 10.2. The fourth-order valence-electron chi connectivity index (χ4n) is 1.73. The molecule has 0 amide bonds. The fraction of sp³-hybridized carbons (Fsp3) is 0.250. The standard InChI is InChI=1S/C12H14BrN3O2S/c1-9-5-11(13)3-4-12(9)19(17,18)15-7-10-6-14-16(2)8-10/h3-6,8,15H,7H2,1-2H3. The monoisotopic (exact) mass is 343 g/mol. The molecule has 1 aromatic carbocycles. The van der Waals surface area contributed by atoms with Crippen molar-refractivity contribution in [2.24, 2.45) is 7.05 Å². The van der Waals surface area contributed by atoms with Gasteiger partial charge in [-0.2, -0.15) is 5.10 Å². The van der Waals surface area contributed by atoms with Crippen molar-refractivity contribution in [1.29, 1.82) is 0 Å². The highest BCUT2D eigenvalue weighted by atomic mass is 79.9. The molecule has 7 heteroatoms. The number of aryl methyl sites for hydroxylation is 2. The summed E-state index contributed by atoms with van der Waals surface area (Å²) >= 11 is 3.32. The van der Waals surface area contributed by atoms with E-state index in [1.54, 1.807) is 49.2 Å². The smallest absolute Gasteiger partial charge is 0.241 e. The molecule has 102 valence electrons. The van der Waals surface area contributed by atoms with Crippen LogP contribution in [0.4, 0.5) is 0 Å². The van der Waals surface area contributed by atoms with E-state index in [0.717, 1.165) is 10.0 Å². The quantitative estimate of drug-likeness (QED) is 0.922. The third-order valence-corrected chi connectivity index (χ3v) is 4.71. The Morgan fingerprint density at radius 3 is 2.74 bits per heavy atom. The second-order valence-corrected chi connectivity index (χ2v) is 6.91. The summed E-state index contributed by atoms with van der Waals surface area (Å²) in [5.41, 5.74) is 1.52. The number of sulfonamides is 1. The van der Waals surface area contributed by atoms with E-state index in [2.05, 4.69) is 25.8 Å². The number of aromatic nitrogens is 2. The van der Waals surface area contributed by atoms with Crippen molar-refractivity contribution in [2.45, 2.75) is 18.4 Å². The van der Waals surface area contributed by atoms with E-state index in [9.17, 15) is 8.42 Å². The molecule has 1 heterocycles. The number of benzene rings is 1. The van der Waals surface area contributed by atoms with E-state index >= 15 is 0 Å². The van der Waals surface area contributed by atoms with Crippen LogP contribution in [0.15, 0.2) is 40.0 Å². The predicted molar refractivity (Wildman–Crippen MR) is 76.1 cm³/mol. The molecule has 0 atom stereocenters. The van der Waals surface area contributed by atoms with E-state index in [-0.39, 0.29) is 6.54 Å². The van der Waals surface area contributed by atoms with E-state index in [4.69, 9.17) is 0 Å². The second kappa shape index (κ2) is 5.44. The molecule has 0 aliphatic carbocycles. The molecule has 0 radical (unpaired) electrons. The van der Waals surface area contributed by atoms with E-state index in [1.807, 2.05) is 0 Å². The summed E-state index contributed by atoms with van der Waals surface area (Å²) in [6, 6.07) is 5.08. The van der Waals surface area contributed by atoms with Crippen LogP contribution in [0, 0.1) is 6.92 Å². The van der Waals surface area contributed by atoms with Crippen LogP contribution in [-0.4, -0.2) is 18.2 Å². The Morgan fingerprint density at radius 2 is 2.16 bits per heavy atom. The summed E-state index contributed by atoms with van der Waals surface area (Å²) in [5.74, 6) is 0. The maximum atomic E-state index is 12.2. The molecule has 0 spiro atoms. The topological polar surface area (TPSA) is 64.0 Å². The van der Waals surface area contributed by atoms with Gasteiger partial charge < -0.3 is 0 Å². The average Bonchev–Trinajstić information content (AvgIpc) is 2.72. The molecule has 1 aromatic heterocycles. The number of rotatable bonds is 4. The lowest BCUT2D eigenvalue weighted by Crippen LogP contribution is -2.23. The van der Waals surface area contributed by atoms with Crippen molar-refractivity contribution >= 4 is 26.0 Å². The Kier molecular flexibility index (Phi) is 4.07. The van der Waals surface area contributed by atoms with Gasteiger partial charge in [0.25, 0.3) is 0 Å². The Balaban J connectivity index is 2.18. The third-order valence-electron chi connectivity index (χ3n) is 2.65. The summed E-state index contributed by atoms with van der Waals surface area (Å²) in [5, 5.41) is 3.99. The first kappa shape index (κ1) is 14.2. The van der Waals surface area contributed by atoms with Gasteiger partial charge in [-0.1, -0.05) is 15.9 Å². The maximum absolute atomic E-state index is 12.2. The molecule has 0 aliphatic heterocycles. The number of nitrogens with one attached hydrogen (secondary N) is 1. The highest BCUT2D eigenvalue weighted by Gasteiger charge is 2.16. The molecular weight excluding hydrogens is 330 g/mol. The van der Waals surface area contributed by atoms with Crippen molar-refractivity contribution in [3.8, 4) is 0 Å². The number of halogens is 1. The molecule has 0 unspecified atom stereocenters. The predicted octanol–water partition coefficient (Wildman–Crippen LogP) is 1.97. The first-order valence-corrected chi connectivity index (χ1v) is 7.89. The van der Waals surface area contributed by atoms with Crippen molar-refractivity contribution < 1.29 is 8.42 Å². The van der Waals surface area contributed by atoms with Gasteiger partial charge >= 0.3 is 0 Å². The molecule has 0 fully saturated rings. The molecule has 0 aliphatic rings. The summed E-state index contributed by atoms with van der Waals surface area (Å²) in [6.07, 6.45) is 3.41. The van der Waals surface area contributed by atoms with Gasteiger partial charge in [0.05, 0.1) is 11.1 Å². The van der Waals surface area contributed by atoms with Gasteiger partial charge in [-0.25, -0.2) is 13.1 Å². The number of hydrogen-bond donors (Lipinski definition) is 1. The van der Waals surface area contributed by atoms with Gasteiger partial charge in [-0.15, -0.1) is 0 Å². The zero-order valence-corrected chi connectivity index (χ0v) is 13.0. The zero-order chi connectivity index (χ0) is 14.0. The maximum Gasteiger partial charge on any atom is 0.241 e. The van der Waals surface area contributed by atoms with Crippen LogP contribution < -0.4 is 4.72 Å². The van der Waals surface area contributed by atoms with Crippen molar-refractivity contribution in [2.75, 3.05) is 0 Å². The highest BCUT2D eigenvalue weighted by Crippen LogP contribution is 2.20. The van der Waals surface area contributed by atoms with Gasteiger partial charge in [0.2, 0.25) is 10.0 Å². The lowest BCUT2D eigenvalue weighted by Gasteiger charge is -2.08. The average molecular weight is 344 g/mol. The van der Waals surface area contributed by atoms with Crippen LogP contribution in [0.25, 0.3) is 0 Å². The van der Waals surface area contributed by atoms with Crippen molar-refractivity contribution in [1.82, 2.24) is 14.5 Å². The van der Waals surface area contributed by atoms with Crippen LogP contribution >= 0.6 is 15.9 Å². The van der Waals surface area contributed by atoms with Crippen LogP contribution in [-0.2, 0) is 23.6 Å². The van der Waals surface area contributed by atoms with E-state index in [1.165, 1.54) is 0 Å². The van der Waals surface area contributed by atoms with Crippen molar-refractivity contribution in [3.05, 3.63) is 46.2 Å². The minimum Gasteiger partial charge on any atom is -0.275 e. The molecule has 19 heavy (non-hydrogen) atoms. The highest BCUT2D eigenvalue weighted by molar-refractivity contribution is 9.10. The van der Waals surface area contributed by atoms with E-state index < -0.39 is 10.0 Å². The lowest BCUT2D eigenvalue weighted by molar-refractivity contribution is 0.580. The summed E-state index contributed by atoms with van der Waals surface area (Å²) in [6.45, 7) is 2.00. The van der Waals surface area contributed by atoms with Gasteiger partial charge in [0.15, 0.2) is 0 Å². The first-order chi connectivity index (χ1) is 8.88. The third kappa shape index (κ3) is 3.43. The van der Waals surface area contributed by atoms with Crippen molar-refractivity contribution in [3.63, 3.8) is 0 Å². The normalized spacial score (nSPS) is 11.7. The second-order valence-electron chi connectivity index (χ2n) is 4.26. The minimum atomic E-state index is -3.50. The van der Waals surface area contributed by atoms with Crippen LogP contribution in [0.2, 0.25) is 0 Å². The molecule has 2 aromatic rings.